The Labute approximate surface area is 120 Å². The summed E-state index contributed by atoms with van der Waals surface area (Å²) in [5, 5.41) is 10.7. The summed E-state index contributed by atoms with van der Waals surface area (Å²) in [7, 11) is 0. The molecule has 0 aliphatic carbocycles. The Balaban J connectivity index is 1.79. The predicted octanol–water partition coefficient (Wildman–Crippen LogP) is 3.57. The lowest BCUT2D eigenvalue weighted by Gasteiger charge is -2.07. The molecule has 2 aromatic carbocycles. The lowest BCUT2D eigenvalue weighted by Crippen LogP contribution is -1.91. The second-order valence-electron chi connectivity index (χ2n) is 4.32. The van der Waals surface area contributed by atoms with Gasteiger partial charge < -0.3 is 9.30 Å². The van der Waals surface area contributed by atoms with Crippen molar-refractivity contribution in [2.75, 3.05) is 0 Å². The second-order valence-corrected chi connectivity index (χ2v) is 4.32. The van der Waals surface area contributed by atoms with Gasteiger partial charge in [-0.05, 0) is 30.3 Å². The fourth-order valence-corrected chi connectivity index (χ4v) is 1.89. The summed E-state index contributed by atoms with van der Waals surface area (Å²) >= 11 is 0. The maximum absolute atomic E-state index is 10.7. The van der Waals surface area contributed by atoms with Crippen LogP contribution in [0.5, 0.6) is 11.5 Å². The lowest BCUT2D eigenvalue weighted by molar-refractivity contribution is -0.384. The molecule has 0 saturated carbocycles. The van der Waals surface area contributed by atoms with E-state index in [0.29, 0.717) is 11.5 Å². The lowest BCUT2D eigenvalue weighted by atomic mass is 10.3. The van der Waals surface area contributed by atoms with E-state index in [4.69, 9.17) is 4.74 Å². The van der Waals surface area contributed by atoms with Gasteiger partial charge in [-0.1, -0.05) is 6.07 Å². The Morgan fingerprint density at radius 3 is 2.57 bits per heavy atom. The summed E-state index contributed by atoms with van der Waals surface area (Å²) in [5.41, 5.74) is 0.960. The fourth-order valence-electron chi connectivity index (χ4n) is 1.89. The van der Waals surface area contributed by atoms with Crippen LogP contribution in [-0.4, -0.2) is 14.5 Å². The highest BCUT2D eigenvalue weighted by atomic mass is 16.6. The molecule has 0 fully saturated rings. The molecule has 0 aliphatic rings. The first-order chi connectivity index (χ1) is 10.2. The minimum atomic E-state index is -0.449. The number of imidazole rings is 1. The van der Waals surface area contributed by atoms with Gasteiger partial charge in [0.2, 0.25) is 0 Å². The summed E-state index contributed by atoms with van der Waals surface area (Å²) < 4.78 is 7.48. The Hall–Kier alpha value is -3.15. The number of nitro benzene ring substituents is 1. The SMILES string of the molecule is O=[N+]([O-])c1cccc(Oc2ccc(-n3ccnc3)cc2)c1. The van der Waals surface area contributed by atoms with E-state index >= 15 is 0 Å². The first kappa shape index (κ1) is 12.9. The first-order valence-electron chi connectivity index (χ1n) is 6.23. The van der Waals surface area contributed by atoms with Crippen molar-refractivity contribution in [3.05, 3.63) is 77.4 Å². The summed E-state index contributed by atoms with van der Waals surface area (Å²) in [4.78, 5) is 14.3. The minimum absolute atomic E-state index is 0.00235. The molecule has 0 saturated heterocycles. The molecule has 0 spiro atoms. The molecule has 3 aromatic rings. The van der Waals surface area contributed by atoms with E-state index < -0.39 is 4.92 Å². The van der Waals surface area contributed by atoms with Crippen LogP contribution in [0, 0.1) is 10.1 Å². The van der Waals surface area contributed by atoms with Gasteiger partial charge in [-0.2, -0.15) is 0 Å². The monoisotopic (exact) mass is 281 g/mol. The van der Waals surface area contributed by atoms with E-state index in [1.165, 1.54) is 12.1 Å². The molecule has 21 heavy (non-hydrogen) atoms. The second kappa shape index (κ2) is 5.46. The summed E-state index contributed by atoms with van der Waals surface area (Å²) in [6.45, 7) is 0. The van der Waals surface area contributed by atoms with E-state index in [-0.39, 0.29) is 5.69 Å². The molecule has 6 nitrogen and oxygen atoms in total. The van der Waals surface area contributed by atoms with E-state index in [9.17, 15) is 10.1 Å². The van der Waals surface area contributed by atoms with Crippen molar-refractivity contribution in [2.45, 2.75) is 0 Å². The summed E-state index contributed by atoms with van der Waals surface area (Å²) in [5.74, 6) is 1.04. The molecule has 0 aliphatic heterocycles. The highest BCUT2D eigenvalue weighted by Crippen LogP contribution is 2.25. The van der Waals surface area contributed by atoms with Gasteiger partial charge in [0.1, 0.15) is 11.5 Å². The Morgan fingerprint density at radius 1 is 1.10 bits per heavy atom. The van der Waals surface area contributed by atoms with Crippen LogP contribution in [0.1, 0.15) is 0 Å². The Bertz CT molecular complexity index is 752. The Kier molecular flexibility index (Phi) is 3.34. The van der Waals surface area contributed by atoms with Crippen LogP contribution in [-0.2, 0) is 0 Å². The molecule has 0 unspecified atom stereocenters. The van der Waals surface area contributed by atoms with Crippen LogP contribution in [0.2, 0.25) is 0 Å². The molecular formula is C15H11N3O3. The van der Waals surface area contributed by atoms with Gasteiger partial charge in [-0.15, -0.1) is 0 Å². The van der Waals surface area contributed by atoms with Crippen LogP contribution in [0.3, 0.4) is 0 Å². The quantitative estimate of drug-likeness (QED) is 0.541. The smallest absolute Gasteiger partial charge is 0.273 e. The fraction of sp³-hybridized carbons (Fsp3) is 0. The third kappa shape index (κ3) is 2.89. The zero-order chi connectivity index (χ0) is 14.7. The van der Waals surface area contributed by atoms with Crippen LogP contribution in [0.15, 0.2) is 67.3 Å². The molecule has 0 bridgehead atoms. The number of hydrogen-bond donors (Lipinski definition) is 0. The molecule has 0 atom stereocenters. The minimum Gasteiger partial charge on any atom is -0.457 e. The highest BCUT2D eigenvalue weighted by Gasteiger charge is 2.07. The van der Waals surface area contributed by atoms with E-state index in [1.807, 2.05) is 22.9 Å². The number of rotatable bonds is 4. The number of hydrogen-bond acceptors (Lipinski definition) is 4. The van der Waals surface area contributed by atoms with Gasteiger partial charge in [-0.3, -0.25) is 10.1 Å². The van der Waals surface area contributed by atoms with Gasteiger partial charge in [-0.25, -0.2) is 4.98 Å². The van der Waals surface area contributed by atoms with Gasteiger partial charge in [0, 0.05) is 24.1 Å². The van der Waals surface area contributed by atoms with Crippen molar-refractivity contribution in [3.8, 4) is 17.2 Å². The number of aromatic nitrogens is 2. The third-order valence-electron chi connectivity index (χ3n) is 2.90. The highest BCUT2D eigenvalue weighted by molar-refractivity contribution is 5.42. The predicted molar refractivity (Wildman–Crippen MR) is 76.7 cm³/mol. The largest absolute Gasteiger partial charge is 0.457 e. The van der Waals surface area contributed by atoms with Crippen LogP contribution in [0.25, 0.3) is 5.69 Å². The number of nitrogens with zero attached hydrogens (tertiary/aromatic N) is 3. The zero-order valence-electron chi connectivity index (χ0n) is 10.9. The molecule has 3 rings (SSSR count). The molecule has 104 valence electrons. The van der Waals surface area contributed by atoms with Crippen molar-refractivity contribution in [1.82, 2.24) is 9.55 Å². The molecular weight excluding hydrogens is 270 g/mol. The van der Waals surface area contributed by atoms with Crippen LogP contribution < -0.4 is 4.74 Å². The average molecular weight is 281 g/mol. The van der Waals surface area contributed by atoms with Gasteiger partial charge >= 0.3 is 0 Å². The standard InChI is InChI=1S/C15H11N3O3/c19-18(20)13-2-1-3-15(10-13)21-14-6-4-12(5-7-14)17-9-8-16-11-17/h1-11H. The topological polar surface area (TPSA) is 70.2 Å². The van der Waals surface area contributed by atoms with Gasteiger partial charge in [0.25, 0.3) is 5.69 Å². The normalized spacial score (nSPS) is 10.3. The molecule has 0 N–H and O–H groups in total. The maximum atomic E-state index is 10.7. The maximum Gasteiger partial charge on any atom is 0.273 e. The number of benzene rings is 2. The van der Waals surface area contributed by atoms with Crippen molar-refractivity contribution in [1.29, 1.82) is 0 Å². The first-order valence-corrected chi connectivity index (χ1v) is 6.23. The van der Waals surface area contributed by atoms with Crippen LogP contribution in [0.4, 0.5) is 5.69 Å². The van der Waals surface area contributed by atoms with Crippen LogP contribution >= 0.6 is 0 Å². The van der Waals surface area contributed by atoms with E-state index in [2.05, 4.69) is 4.98 Å². The third-order valence-corrected chi connectivity index (χ3v) is 2.90. The average Bonchev–Trinajstić information content (AvgIpc) is 3.02. The number of nitro groups is 1. The van der Waals surface area contributed by atoms with Crippen molar-refractivity contribution in [3.63, 3.8) is 0 Å². The molecule has 1 aromatic heterocycles. The zero-order valence-corrected chi connectivity index (χ0v) is 10.9. The van der Waals surface area contributed by atoms with Crippen molar-refractivity contribution >= 4 is 5.69 Å². The molecule has 6 heteroatoms. The van der Waals surface area contributed by atoms with Crippen molar-refractivity contribution < 1.29 is 9.66 Å². The van der Waals surface area contributed by atoms with E-state index in [0.717, 1.165) is 5.69 Å². The van der Waals surface area contributed by atoms with E-state index in [1.54, 1.807) is 36.8 Å². The van der Waals surface area contributed by atoms with Gasteiger partial charge in [0.15, 0.2) is 0 Å². The summed E-state index contributed by atoms with van der Waals surface area (Å²) in [6, 6.07) is 13.5. The van der Waals surface area contributed by atoms with Crippen molar-refractivity contribution in [2.24, 2.45) is 0 Å². The number of non-ortho nitro benzene ring substituents is 1. The van der Waals surface area contributed by atoms with Gasteiger partial charge in [0.05, 0.1) is 17.3 Å². The number of ether oxygens (including phenoxy) is 1. The molecule has 1 heterocycles. The Morgan fingerprint density at radius 2 is 1.90 bits per heavy atom. The molecule has 0 radical (unpaired) electrons. The summed E-state index contributed by atoms with van der Waals surface area (Å²) in [6.07, 6.45) is 5.25. The molecule has 0 amide bonds.